The zero-order valence-corrected chi connectivity index (χ0v) is 13.9. The van der Waals surface area contributed by atoms with E-state index < -0.39 is 0 Å². The van der Waals surface area contributed by atoms with E-state index in [9.17, 15) is 0 Å². The molecule has 0 amide bonds. The predicted molar refractivity (Wildman–Crippen MR) is 86.6 cm³/mol. The summed E-state index contributed by atoms with van der Waals surface area (Å²) in [6, 6.07) is 4.13. The van der Waals surface area contributed by atoms with Crippen LogP contribution in [0.15, 0.2) is 28.5 Å². The van der Waals surface area contributed by atoms with Crippen LogP contribution >= 0.6 is 11.8 Å². The van der Waals surface area contributed by atoms with Gasteiger partial charge < -0.3 is 5.32 Å². The molecule has 0 fully saturated rings. The number of rotatable bonds is 6. The van der Waals surface area contributed by atoms with E-state index in [0.717, 1.165) is 46.6 Å². The number of aromatic nitrogens is 3. The summed E-state index contributed by atoms with van der Waals surface area (Å²) >= 11 is 1.51. The van der Waals surface area contributed by atoms with Crippen molar-refractivity contribution >= 4 is 11.8 Å². The highest BCUT2D eigenvalue weighted by Gasteiger charge is 2.07. The molecule has 0 unspecified atom stereocenters. The first kappa shape index (κ1) is 15.9. The highest BCUT2D eigenvalue weighted by atomic mass is 32.2. The number of pyridine rings is 1. The number of aryl methyl sites for hydroxylation is 2. The van der Waals surface area contributed by atoms with Crippen LogP contribution in [0.4, 0.5) is 0 Å². The molecule has 4 nitrogen and oxygen atoms in total. The van der Waals surface area contributed by atoms with Gasteiger partial charge in [-0.05, 0) is 62.7 Å². The Hall–Kier alpha value is -1.46. The molecule has 1 N–H and O–H groups in total. The third-order valence-corrected chi connectivity index (χ3v) is 4.18. The summed E-state index contributed by atoms with van der Waals surface area (Å²) in [7, 11) is 0. The minimum absolute atomic E-state index is 0.764. The molecule has 2 aromatic heterocycles. The average molecular weight is 302 g/mol. The molecular weight excluding hydrogens is 280 g/mol. The maximum atomic E-state index is 4.51. The first-order valence-electron chi connectivity index (χ1n) is 7.25. The highest BCUT2D eigenvalue weighted by Crippen LogP contribution is 2.24. The lowest BCUT2D eigenvalue weighted by Gasteiger charge is -2.07. The van der Waals surface area contributed by atoms with E-state index in [-0.39, 0.29) is 0 Å². The lowest BCUT2D eigenvalue weighted by atomic mass is 10.2. The van der Waals surface area contributed by atoms with Crippen LogP contribution in [0.1, 0.15) is 35.9 Å². The van der Waals surface area contributed by atoms with Gasteiger partial charge >= 0.3 is 0 Å². The van der Waals surface area contributed by atoms with Crippen LogP contribution < -0.4 is 5.32 Å². The van der Waals surface area contributed by atoms with Gasteiger partial charge in [-0.3, -0.25) is 0 Å². The first-order chi connectivity index (χ1) is 10.1. The fourth-order valence-corrected chi connectivity index (χ4v) is 2.66. The maximum absolute atomic E-state index is 4.51. The molecular formula is C16H22N4S. The fraction of sp³-hybridized carbons (Fsp3) is 0.438. The van der Waals surface area contributed by atoms with Gasteiger partial charge in [0, 0.05) is 24.1 Å². The van der Waals surface area contributed by atoms with Crippen LogP contribution in [-0.2, 0) is 6.54 Å². The van der Waals surface area contributed by atoms with Gasteiger partial charge in [0.25, 0.3) is 0 Å². The molecule has 5 heteroatoms. The summed E-state index contributed by atoms with van der Waals surface area (Å²) in [6.45, 7) is 10.2. The standard InChI is InChI=1S/C16H22N4S/c1-5-8-17-9-14-6-7-15(18-10-14)21-16-19-12(3)11(2)13(4)20-16/h6-7,10,17H,5,8-9H2,1-4H3. The molecule has 0 bridgehead atoms. The van der Waals surface area contributed by atoms with E-state index >= 15 is 0 Å². The largest absolute Gasteiger partial charge is 0.313 e. The van der Waals surface area contributed by atoms with Crippen LogP contribution in [0.3, 0.4) is 0 Å². The van der Waals surface area contributed by atoms with Gasteiger partial charge in [-0.1, -0.05) is 13.0 Å². The molecule has 112 valence electrons. The van der Waals surface area contributed by atoms with Crippen molar-refractivity contribution in [3.05, 3.63) is 40.8 Å². The molecule has 0 aromatic carbocycles. The van der Waals surface area contributed by atoms with Crippen molar-refractivity contribution < 1.29 is 0 Å². The second-order valence-corrected chi connectivity index (χ2v) is 6.07. The van der Waals surface area contributed by atoms with Gasteiger partial charge in [-0.15, -0.1) is 0 Å². The highest BCUT2D eigenvalue weighted by molar-refractivity contribution is 7.99. The summed E-state index contributed by atoms with van der Waals surface area (Å²) < 4.78 is 0. The Morgan fingerprint density at radius 2 is 1.81 bits per heavy atom. The van der Waals surface area contributed by atoms with Crippen molar-refractivity contribution in [1.82, 2.24) is 20.3 Å². The second-order valence-electron chi connectivity index (χ2n) is 5.09. The second kappa shape index (κ2) is 7.52. The smallest absolute Gasteiger partial charge is 0.194 e. The summed E-state index contributed by atoms with van der Waals surface area (Å²) in [6.07, 6.45) is 3.06. The van der Waals surface area contributed by atoms with Crippen molar-refractivity contribution in [2.24, 2.45) is 0 Å². The van der Waals surface area contributed by atoms with Crippen LogP contribution in [0.5, 0.6) is 0 Å². The van der Waals surface area contributed by atoms with Gasteiger partial charge in [0.05, 0.1) is 0 Å². The molecule has 2 heterocycles. The topological polar surface area (TPSA) is 50.7 Å². The molecule has 0 aliphatic heterocycles. The van der Waals surface area contributed by atoms with E-state index in [0.29, 0.717) is 0 Å². The van der Waals surface area contributed by atoms with Crippen molar-refractivity contribution in [2.75, 3.05) is 6.54 Å². The third kappa shape index (κ3) is 4.51. The molecule has 0 aliphatic rings. The van der Waals surface area contributed by atoms with E-state index in [1.165, 1.54) is 17.3 Å². The lowest BCUT2D eigenvalue weighted by molar-refractivity contribution is 0.673. The zero-order valence-electron chi connectivity index (χ0n) is 13.1. The van der Waals surface area contributed by atoms with Crippen molar-refractivity contribution in [2.45, 2.75) is 50.8 Å². The Morgan fingerprint density at radius 3 is 2.38 bits per heavy atom. The van der Waals surface area contributed by atoms with Gasteiger partial charge in [0.1, 0.15) is 5.03 Å². The van der Waals surface area contributed by atoms with Gasteiger partial charge in [0.15, 0.2) is 5.16 Å². The molecule has 2 rings (SSSR count). The molecule has 21 heavy (non-hydrogen) atoms. The Balaban J connectivity index is 2.03. The number of nitrogens with one attached hydrogen (secondary N) is 1. The SMILES string of the molecule is CCCNCc1ccc(Sc2nc(C)c(C)c(C)n2)nc1. The number of nitrogens with zero attached hydrogens (tertiary/aromatic N) is 3. The molecule has 0 saturated heterocycles. The zero-order chi connectivity index (χ0) is 15.2. The van der Waals surface area contributed by atoms with Gasteiger partial charge in [-0.2, -0.15) is 0 Å². The van der Waals surface area contributed by atoms with Crippen LogP contribution in [-0.4, -0.2) is 21.5 Å². The first-order valence-corrected chi connectivity index (χ1v) is 8.07. The summed E-state index contributed by atoms with van der Waals surface area (Å²) in [4.78, 5) is 13.5. The Bertz CT molecular complexity index is 573. The van der Waals surface area contributed by atoms with Crippen molar-refractivity contribution in [3.8, 4) is 0 Å². The molecule has 0 spiro atoms. The summed E-state index contributed by atoms with van der Waals surface area (Å²) in [5.74, 6) is 0. The summed E-state index contributed by atoms with van der Waals surface area (Å²) in [5, 5.41) is 5.06. The third-order valence-electron chi connectivity index (χ3n) is 3.36. The number of hydrogen-bond donors (Lipinski definition) is 1. The normalized spacial score (nSPS) is 10.9. The lowest BCUT2D eigenvalue weighted by Crippen LogP contribution is -2.13. The molecule has 0 aliphatic carbocycles. The van der Waals surface area contributed by atoms with Crippen LogP contribution in [0.2, 0.25) is 0 Å². The minimum Gasteiger partial charge on any atom is -0.313 e. The van der Waals surface area contributed by atoms with E-state index in [1.54, 1.807) is 0 Å². The van der Waals surface area contributed by atoms with Crippen molar-refractivity contribution in [1.29, 1.82) is 0 Å². The Kier molecular flexibility index (Phi) is 5.70. The Morgan fingerprint density at radius 1 is 1.10 bits per heavy atom. The number of hydrogen-bond acceptors (Lipinski definition) is 5. The predicted octanol–water partition coefficient (Wildman–Crippen LogP) is 3.45. The molecule has 0 atom stereocenters. The monoisotopic (exact) mass is 302 g/mol. The molecule has 0 saturated carbocycles. The van der Waals surface area contributed by atoms with E-state index in [1.807, 2.05) is 26.1 Å². The maximum Gasteiger partial charge on any atom is 0.194 e. The van der Waals surface area contributed by atoms with Crippen LogP contribution in [0, 0.1) is 20.8 Å². The fourth-order valence-electron chi connectivity index (χ4n) is 1.87. The van der Waals surface area contributed by atoms with Gasteiger partial charge in [-0.25, -0.2) is 15.0 Å². The molecule has 0 radical (unpaired) electrons. The van der Waals surface area contributed by atoms with E-state index in [2.05, 4.69) is 40.2 Å². The van der Waals surface area contributed by atoms with E-state index in [4.69, 9.17) is 0 Å². The quantitative estimate of drug-likeness (QED) is 0.654. The Labute approximate surface area is 130 Å². The summed E-state index contributed by atoms with van der Waals surface area (Å²) in [5.41, 5.74) is 4.42. The molecule has 2 aromatic rings. The van der Waals surface area contributed by atoms with Crippen LogP contribution in [0.25, 0.3) is 0 Å². The van der Waals surface area contributed by atoms with Crippen molar-refractivity contribution in [3.63, 3.8) is 0 Å². The van der Waals surface area contributed by atoms with Gasteiger partial charge in [0.2, 0.25) is 0 Å². The average Bonchev–Trinajstić information content (AvgIpc) is 2.47. The minimum atomic E-state index is 0.764.